The topological polar surface area (TPSA) is 162 Å². The SMILES string of the molecule is CC(C)(O)CCC1=C(O)C(=C(O)C(=O)OCc2ccccc2)C(=O)C(O)(CCC(C)(C)O)C1=O. The highest BCUT2D eigenvalue weighted by Gasteiger charge is 2.53. The molecule has 0 heterocycles. The Morgan fingerprint density at radius 1 is 0.971 bits per heavy atom. The van der Waals surface area contributed by atoms with Crippen LogP contribution in [0.25, 0.3) is 0 Å². The van der Waals surface area contributed by atoms with Crippen LogP contribution < -0.4 is 0 Å². The van der Waals surface area contributed by atoms with Crippen LogP contribution in [0.2, 0.25) is 0 Å². The lowest BCUT2D eigenvalue weighted by molar-refractivity contribution is -0.150. The Bertz CT molecular complexity index is 1010. The van der Waals surface area contributed by atoms with Gasteiger partial charge < -0.3 is 30.3 Å². The molecule has 34 heavy (non-hydrogen) atoms. The van der Waals surface area contributed by atoms with Crippen molar-refractivity contribution in [2.45, 2.75) is 76.8 Å². The van der Waals surface area contributed by atoms with Crippen molar-refractivity contribution < 1.29 is 44.7 Å². The van der Waals surface area contributed by atoms with Crippen molar-refractivity contribution in [3.8, 4) is 0 Å². The van der Waals surface area contributed by atoms with Gasteiger partial charge in [-0.25, -0.2) is 4.79 Å². The highest BCUT2D eigenvalue weighted by atomic mass is 16.5. The number of allylic oxidation sites excluding steroid dienone is 1. The molecule has 1 atom stereocenters. The number of carbonyl (C=O) groups excluding carboxylic acids is 3. The van der Waals surface area contributed by atoms with Crippen LogP contribution in [0.3, 0.4) is 0 Å². The minimum atomic E-state index is -2.73. The number of benzene rings is 1. The second-order valence-corrected chi connectivity index (χ2v) is 9.76. The van der Waals surface area contributed by atoms with Crippen molar-refractivity contribution in [2.75, 3.05) is 0 Å². The molecule has 186 valence electrons. The summed E-state index contributed by atoms with van der Waals surface area (Å²) in [7, 11) is 0. The number of hydrogen-bond donors (Lipinski definition) is 5. The zero-order chi connectivity index (χ0) is 25.9. The van der Waals surface area contributed by atoms with Crippen molar-refractivity contribution in [3.63, 3.8) is 0 Å². The highest BCUT2D eigenvalue weighted by molar-refractivity contribution is 6.28. The Hall–Kier alpha value is -3.01. The molecule has 2 rings (SSSR count). The first kappa shape index (κ1) is 27.2. The summed E-state index contributed by atoms with van der Waals surface area (Å²) in [6.45, 7) is 5.55. The third kappa shape index (κ3) is 6.53. The average Bonchev–Trinajstić information content (AvgIpc) is 2.74. The van der Waals surface area contributed by atoms with Crippen molar-refractivity contribution in [2.24, 2.45) is 0 Å². The van der Waals surface area contributed by atoms with E-state index < -0.39 is 63.4 Å². The number of ether oxygens (including phenoxy) is 1. The van der Waals surface area contributed by atoms with Crippen LogP contribution in [-0.4, -0.2) is 59.9 Å². The van der Waals surface area contributed by atoms with E-state index in [2.05, 4.69) is 0 Å². The lowest BCUT2D eigenvalue weighted by Crippen LogP contribution is -2.53. The summed E-state index contributed by atoms with van der Waals surface area (Å²) in [5.74, 6) is -6.03. The monoisotopic (exact) mass is 476 g/mol. The molecule has 9 heteroatoms. The molecule has 0 saturated heterocycles. The van der Waals surface area contributed by atoms with Gasteiger partial charge in [0.05, 0.1) is 11.2 Å². The fourth-order valence-corrected chi connectivity index (χ4v) is 3.42. The number of esters is 1. The van der Waals surface area contributed by atoms with Crippen molar-refractivity contribution >= 4 is 17.5 Å². The summed E-state index contributed by atoms with van der Waals surface area (Å²) in [5.41, 5.74) is -6.08. The van der Waals surface area contributed by atoms with Crippen LogP contribution in [0.15, 0.2) is 53.0 Å². The minimum Gasteiger partial charge on any atom is -0.507 e. The van der Waals surface area contributed by atoms with Crippen LogP contribution >= 0.6 is 0 Å². The lowest BCUT2D eigenvalue weighted by Gasteiger charge is -2.34. The number of Topliss-reactive ketones (excluding diaryl/α,β-unsaturated/α-hetero) is 2. The van der Waals surface area contributed by atoms with E-state index in [1.165, 1.54) is 27.7 Å². The molecular weight excluding hydrogens is 444 g/mol. The Morgan fingerprint density at radius 2 is 1.53 bits per heavy atom. The summed E-state index contributed by atoms with van der Waals surface area (Å²) in [4.78, 5) is 38.7. The van der Waals surface area contributed by atoms with Gasteiger partial charge in [-0.15, -0.1) is 0 Å². The summed E-state index contributed by atoms with van der Waals surface area (Å²) in [6, 6.07) is 8.52. The first-order valence-electron chi connectivity index (χ1n) is 10.9. The molecule has 5 N–H and O–H groups in total. The van der Waals surface area contributed by atoms with Crippen LogP contribution in [0, 0.1) is 0 Å². The predicted molar refractivity (Wildman–Crippen MR) is 122 cm³/mol. The third-order valence-electron chi connectivity index (χ3n) is 5.50. The maximum atomic E-state index is 13.1. The quantitative estimate of drug-likeness (QED) is 0.156. The Labute approximate surface area is 198 Å². The van der Waals surface area contributed by atoms with Gasteiger partial charge in [0.15, 0.2) is 5.60 Å². The van der Waals surface area contributed by atoms with Crippen LogP contribution in [0.4, 0.5) is 0 Å². The van der Waals surface area contributed by atoms with E-state index in [0.29, 0.717) is 5.56 Å². The second kappa shape index (κ2) is 10.1. The number of carbonyl (C=O) groups is 3. The van der Waals surface area contributed by atoms with Gasteiger partial charge in [0.1, 0.15) is 17.9 Å². The zero-order valence-electron chi connectivity index (χ0n) is 19.8. The van der Waals surface area contributed by atoms with Gasteiger partial charge in [0.25, 0.3) is 0 Å². The molecule has 9 nitrogen and oxygen atoms in total. The highest BCUT2D eigenvalue weighted by Crippen LogP contribution is 2.38. The summed E-state index contributed by atoms with van der Waals surface area (Å²) >= 11 is 0. The zero-order valence-corrected chi connectivity index (χ0v) is 19.8. The number of rotatable bonds is 9. The Morgan fingerprint density at radius 3 is 2.06 bits per heavy atom. The van der Waals surface area contributed by atoms with Gasteiger partial charge in [-0.1, -0.05) is 30.3 Å². The van der Waals surface area contributed by atoms with Crippen LogP contribution in [0.5, 0.6) is 0 Å². The van der Waals surface area contributed by atoms with Crippen LogP contribution in [0.1, 0.15) is 58.9 Å². The maximum Gasteiger partial charge on any atom is 0.374 e. The van der Waals surface area contributed by atoms with Gasteiger partial charge in [-0.2, -0.15) is 0 Å². The molecule has 0 saturated carbocycles. The van der Waals surface area contributed by atoms with E-state index in [0.717, 1.165) is 0 Å². The number of aliphatic hydroxyl groups is 5. The average molecular weight is 477 g/mol. The Kier molecular flexibility index (Phi) is 8.08. The molecule has 0 aromatic heterocycles. The van der Waals surface area contributed by atoms with Gasteiger partial charge in [0, 0.05) is 5.57 Å². The van der Waals surface area contributed by atoms with E-state index >= 15 is 0 Å². The summed E-state index contributed by atoms with van der Waals surface area (Å²) in [5, 5.41) is 52.4. The molecular formula is C25H32O9. The van der Waals surface area contributed by atoms with Gasteiger partial charge in [-0.05, 0) is 58.9 Å². The molecule has 0 bridgehead atoms. The van der Waals surface area contributed by atoms with E-state index in [1.807, 2.05) is 0 Å². The van der Waals surface area contributed by atoms with E-state index in [-0.39, 0.29) is 25.9 Å². The summed E-state index contributed by atoms with van der Waals surface area (Å²) < 4.78 is 5.02. The standard InChI is InChI=1S/C25H32O9/c1-23(2,31)11-10-16-18(26)17(19(27)22(30)34-14-15-8-6-5-7-9-15)21(29)25(33,20(16)28)13-12-24(3,4)32/h5-9,26-27,31-33H,10-14H2,1-4H3. The number of hydrogen-bond acceptors (Lipinski definition) is 9. The summed E-state index contributed by atoms with van der Waals surface area (Å²) in [6.07, 6.45) is -0.973. The molecule has 0 fully saturated rings. The second-order valence-electron chi connectivity index (χ2n) is 9.76. The van der Waals surface area contributed by atoms with E-state index in [9.17, 15) is 39.9 Å². The Balaban J connectivity index is 2.50. The first-order valence-corrected chi connectivity index (χ1v) is 10.9. The van der Waals surface area contributed by atoms with Gasteiger partial charge >= 0.3 is 5.97 Å². The third-order valence-corrected chi connectivity index (χ3v) is 5.50. The van der Waals surface area contributed by atoms with E-state index in [4.69, 9.17) is 4.74 Å². The normalized spacial score (nSPS) is 21.0. The lowest BCUT2D eigenvalue weighted by atomic mass is 9.73. The van der Waals surface area contributed by atoms with Crippen LogP contribution in [-0.2, 0) is 25.7 Å². The first-order chi connectivity index (χ1) is 15.6. The molecule has 1 aliphatic carbocycles. The molecule has 1 aliphatic rings. The van der Waals surface area contributed by atoms with Gasteiger partial charge in [0.2, 0.25) is 17.3 Å². The number of ketones is 2. The largest absolute Gasteiger partial charge is 0.507 e. The molecule has 0 radical (unpaired) electrons. The van der Waals surface area contributed by atoms with Gasteiger partial charge in [-0.3, -0.25) is 9.59 Å². The van der Waals surface area contributed by atoms with E-state index in [1.54, 1.807) is 30.3 Å². The van der Waals surface area contributed by atoms with Crippen molar-refractivity contribution in [1.82, 2.24) is 0 Å². The predicted octanol–water partition coefficient (Wildman–Crippen LogP) is 2.34. The fourth-order valence-electron chi connectivity index (χ4n) is 3.42. The molecule has 1 aromatic rings. The smallest absolute Gasteiger partial charge is 0.374 e. The maximum absolute atomic E-state index is 13.1. The van der Waals surface area contributed by atoms with Crippen molar-refractivity contribution in [1.29, 1.82) is 0 Å². The molecule has 0 aliphatic heterocycles. The minimum absolute atomic E-state index is 0.0274. The van der Waals surface area contributed by atoms with Crippen molar-refractivity contribution in [3.05, 3.63) is 58.6 Å². The molecule has 0 spiro atoms. The molecule has 0 amide bonds. The number of aliphatic hydroxyl groups excluding tert-OH is 2. The molecule has 1 unspecified atom stereocenters. The fraction of sp³-hybridized carbons (Fsp3) is 0.480. The molecule has 1 aromatic carbocycles.